The summed E-state index contributed by atoms with van der Waals surface area (Å²) in [6, 6.07) is 8.86. The highest BCUT2D eigenvalue weighted by molar-refractivity contribution is 6.35. The Morgan fingerprint density at radius 3 is 2.74 bits per heavy atom. The highest BCUT2D eigenvalue weighted by Crippen LogP contribution is 2.41. The lowest BCUT2D eigenvalue weighted by Crippen LogP contribution is -2.30. The maximum absolute atomic E-state index is 11.3. The molecule has 2 aromatic rings. The largest absolute Gasteiger partial charge is 0.502 e. The number of hydrogen-bond acceptors (Lipinski definition) is 3. The fourth-order valence-corrected chi connectivity index (χ4v) is 3.00. The zero-order chi connectivity index (χ0) is 16.9. The lowest BCUT2D eigenvalue weighted by molar-refractivity contribution is 0.0600. The second kappa shape index (κ2) is 7.82. The molecule has 5 heteroatoms. The molecule has 2 unspecified atom stereocenters. The Labute approximate surface area is 146 Å². The SMILES string of the molecule is CCOC=CC(O)(c1cccnc1)C(C)c1ccc(Cl)cc1Cl. The van der Waals surface area contributed by atoms with Crippen molar-refractivity contribution >= 4 is 23.2 Å². The van der Waals surface area contributed by atoms with Gasteiger partial charge in [0.1, 0.15) is 5.60 Å². The zero-order valence-corrected chi connectivity index (χ0v) is 14.6. The predicted molar refractivity (Wildman–Crippen MR) is 93.8 cm³/mol. The van der Waals surface area contributed by atoms with Gasteiger partial charge in [-0.1, -0.05) is 42.3 Å². The van der Waals surface area contributed by atoms with Crippen LogP contribution in [0, 0.1) is 0 Å². The van der Waals surface area contributed by atoms with Crippen molar-refractivity contribution in [1.29, 1.82) is 0 Å². The van der Waals surface area contributed by atoms with Crippen LogP contribution >= 0.6 is 23.2 Å². The molecular formula is C18H19Cl2NO2. The Hall–Kier alpha value is -1.55. The number of halogens is 2. The van der Waals surface area contributed by atoms with Gasteiger partial charge in [0.2, 0.25) is 0 Å². The minimum Gasteiger partial charge on any atom is -0.502 e. The summed E-state index contributed by atoms with van der Waals surface area (Å²) in [6.45, 7) is 4.31. The van der Waals surface area contributed by atoms with E-state index in [4.69, 9.17) is 27.9 Å². The lowest BCUT2D eigenvalue weighted by atomic mass is 9.79. The number of aliphatic hydroxyl groups is 1. The molecule has 0 saturated heterocycles. The Bertz CT molecular complexity index is 676. The Balaban J connectivity index is 2.48. The molecule has 23 heavy (non-hydrogen) atoms. The standard InChI is InChI=1S/C18H19Cl2NO2/c1-3-23-10-8-18(22,14-5-4-9-21-12-14)13(2)16-7-6-15(19)11-17(16)20/h4-13,22H,3H2,1-2H3. The van der Waals surface area contributed by atoms with E-state index in [1.165, 1.54) is 6.26 Å². The van der Waals surface area contributed by atoms with Crippen molar-refractivity contribution in [3.8, 4) is 0 Å². The Morgan fingerprint density at radius 1 is 1.35 bits per heavy atom. The van der Waals surface area contributed by atoms with Crippen LogP contribution in [0.1, 0.15) is 30.9 Å². The molecule has 0 bridgehead atoms. The molecule has 2 atom stereocenters. The molecule has 2 rings (SSSR count). The van der Waals surface area contributed by atoms with Gasteiger partial charge in [-0.05, 0) is 36.8 Å². The molecule has 0 radical (unpaired) electrons. The second-order valence-corrected chi connectivity index (χ2v) is 6.06. The van der Waals surface area contributed by atoms with Gasteiger partial charge in [-0.25, -0.2) is 0 Å². The minimum absolute atomic E-state index is 0.326. The van der Waals surface area contributed by atoms with Gasteiger partial charge in [0.15, 0.2) is 0 Å². The zero-order valence-electron chi connectivity index (χ0n) is 13.0. The van der Waals surface area contributed by atoms with E-state index in [-0.39, 0.29) is 5.92 Å². The quantitative estimate of drug-likeness (QED) is 0.750. The second-order valence-electron chi connectivity index (χ2n) is 5.21. The van der Waals surface area contributed by atoms with Gasteiger partial charge in [0.05, 0.1) is 12.9 Å². The highest BCUT2D eigenvalue weighted by atomic mass is 35.5. The molecule has 1 aromatic carbocycles. The molecule has 3 nitrogen and oxygen atoms in total. The first-order valence-corrected chi connectivity index (χ1v) is 8.11. The summed E-state index contributed by atoms with van der Waals surface area (Å²) in [5, 5.41) is 12.4. The van der Waals surface area contributed by atoms with E-state index < -0.39 is 5.60 Å². The van der Waals surface area contributed by atoms with Gasteiger partial charge in [-0.15, -0.1) is 0 Å². The van der Waals surface area contributed by atoms with E-state index in [9.17, 15) is 5.11 Å². The molecule has 1 N–H and O–H groups in total. The van der Waals surface area contributed by atoms with Crippen molar-refractivity contribution in [2.24, 2.45) is 0 Å². The molecule has 1 heterocycles. The van der Waals surface area contributed by atoms with Gasteiger partial charge >= 0.3 is 0 Å². The summed E-state index contributed by atoms with van der Waals surface area (Å²) in [5.74, 6) is -0.326. The fourth-order valence-electron chi connectivity index (χ4n) is 2.43. The van der Waals surface area contributed by atoms with Gasteiger partial charge in [0, 0.05) is 33.9 Å². The van der Waals surface area contributed by atoms with Gasteiger partial charge in [-0.2, -0.15) is 0 Å². The Kier molecular flexibility index (Phi) is 6.05. The number of pyridine rings is 1. The van der Waals surface area contributed by atoms with Crippen LogP contribution in [0.15, 0.2) is 55.1 Å². The maximum atomic E-state index is 11.3. The summed E-state index contributed by atoms with van der Waals surface area (Å²) >= 11 is 12.3. The molecule has 1 aromatic heterocycles. The van der Waals surface area contributed by atoms with Crippen molar-refractivity contribution in [2.45, 2.75) is 25.4 Å². The average Bonchev–Trinajstić information content (AvgIpc) is 2.55. The van der Waals surface area contributed by atoms with Gasteiger partial charge < -0.3 is 9.84 Å². The summed E-state index contributed by atoms with van der Waals surface area (Å²) in [5.41, 5.74) is 0.152. The van der Waals surface area contributed by atoms with Crippen molar-refractivity contribution in [2.75, 3.05) is 6.61 Å². The van der Waals surface area contributed by atoms with Crippen LogP contribution in [0.25, 0.3) is 0 Å². The average molecular weight is 352 g/mol. The smallest absolute Gasteiger partial charge is 0.119 e. The lowest BCUT2D eigenvalue weighted by Gasteiger charge is -2.32. The number of nitrogens with zero attached hydrogens (tertiary/aromatic N) is 1. The molecule has 0 spiro atoms. The van der Waals surface area contributed by atoms with E-state index in [0.717, 1.165) is 5.56 Å². The van der Waals surface area contributed by atoms with Crippen LogP contribution in [0.4, 0.5) is 0 Å². The van der Waals surface area contributed by atoms with E-state index in [1.54, 1.807) is 36.7 Å². The summed E-state index contributed by atoms with van der Waals surface area (Å²) in [4.78, 5) is 4.10. The van der Waals surface area contributed by atoms with E-state index in [2.05, 4.69) is 4.98 Å². The minimum atomic E-state index is -1.30. The number of hydrogen-bond donors (Lipinski definition) is 1. The van der Waals surface area contributed by atoms with Crippen molar-refractivity contribution in [3.05, 3.63) is 76.2 Å². The van der Waals surface area contributed by atoms with E-state index in [1.807, 2.05) is 26.0 Å². The number of benzene rings is 1. The first-order chi connectivity index (χ1) is 11.0. The summed E-state index contributed by atoms with van der Waals surface area (Å²) < 4.78 is 5.27. The van der Waals surface area contributed by atoms with Crippen LogP contribution in [0.3, 0.4) is 0 Å². The Morgan fingerprint density at radius 2 is 2.13 bits per heavy atom. The number of aromatic nitrogens is 1. The molecule has 0 aliphatic carbocycles. The van der Waals surface area contributed by atoms with Gasteiger partial charge in [-0.3, -0.25) is 4.98 Å². The fraction of sp³-hybridized carbons (Fsp3) is 0.278. The molecule has 0 aliphatic heterocycles. The number of rotatable bonds is 6. The molecule has 0 fully saturated rings. The topological polar surface area (TPSA) is 42.4 Å². The van der Waals surface area contributed by atoms with Crippen molar-refractivity contribution < 1.29 is 9.84 Å². The molecule has 0 aliphatic rings. The normalized spacial score (nSPS) is 15.3. The van der Waals surface area contributed by atoms with E-state index >= 15 is 0 Å². The molecule has 0 saturated carbocycles. The monoisotopic (exact) mass is 351 g/mol. The van der Waals surface area contributed by atoms with Crippen LogP contribution in [-0.4, -0.2) is 16.7 Å². The van der Waals surface area contributed by atoms with Crippen LogP contribution in [-0.2, 0) is 10.3 Å². The maximum Gasteiger partial charge on any atom is 0.119 e. The van der Waals surface area contributed by atoms with Crippen molar-refractivity contribution in [3.63, 3.8) is 0 Å². The third kappa shape index (κ3) is 4.05. The first kappa shape index (κ1) is 17.8. The summed E-state index contributed by atoms with van der Waals surface area (Å²) in [7, 11) is 0. The number of ether oxygens (including phenoxy) is 1. The predicted octanol–water partition coefficient (Wildman–Crippen LogP) is 4.93. The highest BCUT2D eigenvalue weighted by Gasteiger charge is 2.35. The van der Waals surface area contributed by atoms with Crippen LogP contribution < -0.4 is 0 Å². The molecule has 0 amide bonds. The molecular weight excluding hydrogens is 333 g/mol. The third-order valence-corrected chi connectivity index (χ3v) is 4.36. The van der Waals surface area contributed by atoms with Gasteiger partial charge in [0.25, 0.3) is 0 Å². The summed E-state index contributed by atoms with van der Waals surface area (Å²) in [6.07, 6.45) is 6.43. The third-order valence-electron chi connectivity index (χ3n) is 3.80. The molecule has 122 valence electrons. The van der Waals surface area contributed by atoms with E-state index in [0.29, 0.717) is 22.2 Å². The first-order valence-electron chi connectivity index (χ1n) is 7.36. The van der Waals surface area contributed by atoms with Crippen molar-refractivity contribution in [1.82, 2.24) is 4.98 Å². The van der Waals surface area contributed by atoms with Crippen LogP contribution in [0.5, 0.6) is 0 Å². The van der Waals surface area contributed by atoms with Crippen LogP contribution in [0.2, 0.25) is 10.0 Å².